The van der Waals surface area contributed by atoms with E-state index in [0.717, 1.165) is 35.6 Å². The largest absolute Gasteiger partial charge is 0.462 e. The lowest BCUT2D eigenvalue weighted by atomic mass is 9.99. The molecule has 7 heteroatoms. The molecule has 1 N–H and O–H groups in total. The molecule has 2 heterocycles. The van der Waals surface area contributed by atoms with E-state index in [1.807, 2.05) is 6.92 Å². The fourth-order valence-electron chi connectivity index (χ4n) is 4.44. The third-order valence-corrected chi connectivity index (χ3v) is 6.03. The summed E-state index contributed by atoms with van der Waals surface area (Å²) in [5, 5.41) is 17.2. The number of nitrogens with zero attached hydrogens (tertiary/aromatic N) is 2. The maximum atomic E-state index is 11.8. The highest BCUT2D eigenvalue weighted by Gasteiger charge is 2.29. The van der Waals surface area contributed by atoms with Gasteiger partial charge < -0.3 is 18.9 Å². The zero-order valence-corrected chi connectivity index (χ0v) is 17.7. The van der Waals surface area contributed by atoms with Crippen LogP contribution in [0.2, 0.25) is 0 Å². The highest BCUT2D eigenvalue weighted by atomic mass is 16.5. The van der Waals surface area contributed by atoms with E-state index in [0.29, 0.717) is 29.8 Å². The number of aliphatic hydroxyl groups is 1. The first-order valence-corrected chi connectivity index (χ1v) is 10.8. The summed E-state index contributed by atoms with van der Waals surface area (Å²) >= 11 is 0. The number of carbonyl (C=O) groups is 1. The molecule has 0 radical (unpaired) electrons. The Hall–Kier alpha value is -2.15. The van der Waals surface area contributed by atoms with Crippen molar-refractivity contribution in [1.29, 1.82) is 0 Å². The molecule has 2 aromatic heterocycles. The minimum atomic E-state index is -0.303. The monoisotopic (exact) mass is 404 g/mol. The van der Waals surface area contributed by atoms with E-state index in [1.165, 1.54) is 38.5 Å². The van der Waals surface area contributed by atoms with Crippen LogP contribution >= 0.6 is 0 Å². The smallest absolute Gasteiger partial charge is 0.343 e. The van der Waals surface area contributed by atoms with Crippen molar-refractivity contribution in [3.05, 3.63) is 34.0 Å². The van der Waals surface area contributed by atoms with E-state index in [1.54, 1.807) is 13.8 Å². The zero-order valence-electron chi connectivity index (χ0n) is 17.7. The molecule has 2 fully saturated rings. The van der Waals surface area contributed by atoms with Crippen LogP contribution in [-0.2, 0) is 11.3 Å². The lowest BCUT2D eigenvalue weighted by Crippen LogP contribution is -2.09. The van der Waals surface area contributed by atoms with Gasteiger partial charge in [-0.2, -0.15) is 0 Å². The van der Waals surface area contributed by atoms with Crippen molar-refractivity contribution in [2.75, 3.05) is 6.61 Å². The highest BCUT2D eigenvalue weighted by molar-refractivity contribution is 5.91. The van der Waals surface area contributed by atoms with Gasteiger partial charge in [-0.05, 0) is 46.5 Å². The summed E-state index contributed by atoms with van der Waals surface area (Å²) in [5.41, 5.74) is 3.26. The van der Waals surface area contributed by atoms with Gasteiger partial charge >= 0.3 is 5.97 Å². The van der Waals surface area contributed by atoms with Crippen LogP contribution in [0.3, 0.4) is 0 Å². The molecule has 0 aromatic carbocycles. The van der Waals surface area contributed by atoms with E-state index in [4.69, 9.17) is 18.9 Å². The van der Waals surface area contributed by atoms with E-state index in [-0.39, 0.29) is 12.6 Å². The van der Waals surface area contributed by atoms with Gasteiger partial charge in [0.15, 0.2) is 0 Å². The number of aryl methyl sites for hydroxylation is 2. The quantitative estimate of drug-likeness (QED) is 0.704. The van der Waals surface area contributed by atoms with Gasteiger partial charge in [-0.1, -0.05) is 36.0 Å². The molecule has 0 spiro atoms. The van der Waals surface area contributed by atoms with Crippen LogP contribution in [0.4, 0.5) is 0 Å². The Morgan fingerprint density at radius 2 is 1.48 bits per heavy atom. The minimum absolute atomic E-state index is 0.0567. The molecule has 2 saturated carbocycles. The van der Waals surface area contributed by atoms with Crippen LogP contribution in [0, 0.1) is 13.8 Å². The first-order valence-electron chi connectivity index (χ1n) is 10.8. The van der Waals surface area contributed by atoms with Gasteiger partial charge in [-0.25, -0.2) is 4.79 Å². The Kier molecular flexibility index (Phi) is 7.47. The van der Waals surface area contributed by atoms with Gasteiger partial charge in [0.25, 0.3) is 0 Å². The molecule has 160 valence electrons. The Labute approximate surface area is 171 Å². The standard InChI is InChI=1S/C12H17NO3.C10H15NO2/c1-3-15-12(14)10-8(2)16-13-11(10)9-6-4-5-7-9;1-7-9(6-12)10(11-13-7)8-4-2-3-5-8/h9H,3-7H2,1-2H3;8,12H,2-6H2,1H3. The second-order valence-corrected chi connectivity index (χ2v) is 7.94. The summed E-state index contributed by atoms with van der Waals surface area (Å²) in [7, 11) is 0. The Morgan fingerprint density at radius 3 is 2.03 bits per heavy atom. The van der Waals surface area contributed by atoms with Crippen LogP contribution in [0.15, 0.2) is 9.05 Å². The van der Waals surface area contributed by atoms with E-state index >= 15 is 0 Å². The third-order valence-electron chi connectivity index (χ3n) is 6.03. The number of ether oxygens (including phenoxy) is 1. The summed E-state index contributed by atoms with van der Waals surface area (Å²) in [5.74, 6) is 1.93. The van der Waals surface area contributed by atoms with Crippen molar-refractivity contribution in [2.24, 2.45) is 0 Å². The van der Waals surface area contributed by atoms with Gasteiger partial charge in [-0.15, -0.1) is 0 Å². The van der Waals surface area contributed by atoms with Crippen molar-refractivity contribution >= 4 is 5.97 Å². The fraction of sp³-hybridized carbons (Fsp3) is 0.682. The van der Waals surface area contributed by atoms with Crippen molar-refractivity contribution < 1.29 is 23.7 Å². The first-order chi connectivity index (χ1) is 14.1. The van der Waals surface area contributed by atoms with E-state index in [9.17, 15) is 4.79 Å². The molecule has 7 nitrogen and oxygen atoms in total. The number of hydrogen-bond acceptors (Lipinski definition) is 7. The van der Waals surface area contributed by atoms with Crippen LogP contribution in [0.1, 0.15) is 109 Å². The molecule has 0 bridgehead atoms. The third kappa shape index (κ3) is 4.89. The lowest BCUT2D eigenvalue weighted by Gasteiger charge is -2.07. The number of rotatable bonds is 5. The van der Waals surface area contributed by atoms with Crippen LogP contribution in [-0.4, -0.2) is 28.0 Å². The van der Waals surface area contributed by atoms with Crippen molar-refractivity contribution in [2.45, 2.75) is 90.6 Å². The van der Waals surface area contributed by atoms with Crippen LogP contribution in [0.5, 0.6) is 0 Å². The highest BCUT2D eigenvalue weighted by Crippen LogP contribution is 2.37. The van der Waals surface area contributed by atoms with Gasteiger partial charge in [0, 0.05) is 17.4 Å². The topological polar surface area (TPSA) is 98.6 Å². The molecule has 0 amide bonds. The average Bonchev–Trinajstić information content (AvgIpc) is 3.49. The number of aromatic nitrogens is 2. The SMILES string of the molecule is CCOC(=O)c1c(C2CCCC2)noc1C.Cc1onc(C2CCCC2)c1CO. The minimum Gasteiger partial charge on any atom is -0.462 e. The second kappa shape index (κ2) is 10.1. The Bertz CT molecular complexity index is 798. The molecule has 0 aliphatic heterocycles. The summed E-state index contributed by atoms with van der Waals surface area (Å²) in [6.07, 6.45) is 9.55. The van der Waals surface area contributed by atoms with E-state index in [2.05, 4.69) is 10.3 Å². The van der Waals surface area contributed by atoms with Crippen molar-refractivity contribution in [3.8, 4) is 0 Å². The van der Waals surface area contributed by atoms with Crippen LogP contribution < -0.4 is 0 Å². The van der Waals surface area contributed by atoms with E-state index < -0.39 is 0 Å². The van der Waals surface area contributed by atoms with Gasteiger partial charge in [0.1, 0.15) is 22.8 Å². The first kappa shape index (κ1) is 21.6. The summed E-state index contributed by atoms with van der Waals surface area (Å²) in [6, 6.07) is 0. The molecular weight excluding hydrogens is 372 g/mol. The molecule has 2 aliphatic carbocycles. The Morgan fingerprint density at radius 1 is 0.966 bits per heavy atom. The predicted octanol–water partition coefficient (Wildman–Crippen LogP) is 4.95. The molecule has 29 heavy (non-hydrogen) atoms. The molecular formula is C22H32N2O5. The number of hydrogen-bond donors (Lipinski definition) is 1. The summed E-state index contributed by atoms with van der Waals surface area (Å²) in [4.78, 5) is 11.8. The normalized spacial score (nSPS) is 17.4. The molecule has 0 atom stereocenters. The molecule has 2 aromatic rings. The van der Waals surface area contributed by atoms with Gasteiger partial charge in [0.05, 0.1) is 18.9 Å². The fourth-order valence-corrected chi connectivity index (χ4v) is 4.44. The summed E-state index contributed by atoms with van der Waals surface area (Å²) in [6.45, 7) is 5.86. The zero-order chi connectivity index (χ0) is 20.8. The van der Waals surface area contributed by atoms with Gasteiger partial charge in [-0.3, -0.25) is 0 Å². The molecule has 4 rings (SSSR count). The predicted molar refractivity (Wildman–Crippen MR) is 107 cm³/mol. The lowest BCUT2D eigenvalue weighted by molar-refractivity contribution is 0.0522. The number of carbonyl (C=O) groups excluding carboxylic acids is 1. The van der Waals surface area contributed by atoms with Crippen LogP contribution in [0.25, 0.3) is 0 Å². The van der Waals surface area contributed by atoms with Crippen molar-refractivity contribution in [1.82, 2.24) is 10.3 Å². The average molecular weight is 405 g/mol. The molecule has 0 saturated heterocycles. The van der Waals surface area contributed by atoms with Gasteiger partial charge in [0.2, 0.25) is 0 Å². The maximum absolute atomic E-state index is 11.8. The second-order valence-electron chi connectivity index (χ2n) is 7.94. The number of aliphatic hydroxyl groups excluding tert-OH is 1. The molecule has 2 aliphatic rings. The summed E-state index contributed by atoms with van der Waals surface area (Å²) < 4.78 is 15.2. The molecule has 0 unspecified atom stereocenters. The Balaban J connectivity index is 0.000000169. The maximum Gasteiger partial charge on any atom is 0.343 e. The number of esters is 1. The van der Waals surface area contributed by atoms with Crippen molar-refractivity contribution in [3.63, 3.8) is 0 Å².